The molecular weight excluding hydrogens is 388 g/mol. The minimum absolute atomic E-state index is 0.0179. The third-order valence-corrected chi connectivity index (χ3v) is 6.95. The molecule has 3 aliphatic rings. The molecule has 2 aromatic rings. The number of nitrogens with zero attached hydrogens (tertiary/aromatic N) is 1. The maximum atomic E-state index is 12.3. The molecule has 3 saturated carbocycles. The Labute approximate surface area is 172 Å². The first-order chi connectivity index (χ1) is 13.9. The van der Waals surface area contributed by atoms with E-state index in [0.29, 0.717) is 13.2 Å². The highest BCUT2D eigenvalue weighted by Gasteiger charge is 2.67. The summed E-state index contributed by atoms with van der Waals surface area (Å²) >= 11 is 0. The van der Waals surface area contributed by atoms with Crippen LogP contribution in [-0.4, -0.2) is 28.0 Å². The first kappa shape index (κ1) is 20.1. The Morgan fingerprint density at radius 3 is 2.41 bits per heavy atom. The van der Waals surface area contributed by atoms with Gasteiger partial charge in [0.2, 0.25) is 0 Å². The van der Waals surface area contributed by atoms with Crippen LogP contribution in [0.4, 0.5) is 0 Å². The van der Waals surface area contributed by atoms with Crippen molar-refractivity contribution < 1.29 is 17.9 Å². The molecular formula is C22H26N2O4S. The summed E-state index contributed by atoms with van der Waals surface area (Å²) in [4.78, 5) is 2.54. The maximum Gasteiger partial charge on any atom is 0.276 e. The van der Waals surface area contributed by atoms with Gasteiger partial charge in [0, 0.05) is 11.6 Å². The van der Waals surface area contributed by atoms with Gasteiger partial charge < -0.3 is 9.47 Å². The van der Waals surface area contributed by atoms with Gasteiger partial charge in [-0.2, -0.15) is 13.5 Å². The van der Waals surface area contributed by atoms with Gasteiger partial charge in [0.1, 0.15) is 6.79 Å². The van der Waals surface area contributed by atoms with Gasteiger partial charge in [-0.25, -0.2) is 4.83 Å². The summed E-state index contributed by atoms with van der Waals surface area (Å²) < 4.78 is 35.8. The van der Waals surface area contributed by atoms with Gasteiger partial charge in [-0.05, 0) is 49.3 Å². The Morgan fingerprint density at radius 2 is 1.72 bits per heavy atom. The van der Waals surface area contributed by atoms with Crippen molar-refractivity contribution in [2.24, 2.45) is 15.9 Å². The highest BCUT2D eigenvalue weighted by molar-refractivity contribution is 7.89. The van der Waals surface area contributed by atoms with Crippen LogP contribution in [0.2, 0.25) is 0 Å². The Morgan fingerprint density at radius 1 is 1.03 bits per heavy atom. The van der Waals surface area contributed by atoms with Gasteiger partial charge in [0.25, 0.3) is 10.0 Å². The van der Waals surface area contributed by atoms with E-state index < -0.39 is 10.0 Å². The summed E-state index contributed by atoms with van der Waals surface area (Å²) in [5.74, 6) is 0. The maximum absolute atomic E-state index is 12.3. The van der Waals surface area contributed by atoms with Crippen molar-refractivity contribution in [3.05, 3.63) is 65.7 Å². The average Bonchev–Trinajstić information content (AvgIpc) is 2.65. The van der Waals surface area contributed by atoms with Crippen molar-refractivity contribution in [2.45, 2.75) is 37.7 Å². The lowest BCUT2D eigenvalue weighted by molar-refractivity contribution is -0.207. The fraction of sp³-hybridized carbons (Fsp3) is 0.409. The van der Waals surface area contributed by atoms with Crippen molar-refractivity contribution in [3.63, 3.8) is 0 Å². The smallest absolute Gasteiger partial charge is 0.276 e. The van der Waals surface area contributed by atoms with Crippen LogP contribution in [0.15, 0.2) is 64.6 Å². The molecule has 3 fully saturated rings. The molecule has 3 aliphatic carbocycles. The van der Waals surface area contributed by atoms with E-state index in [1.807, 2.05) is 37.3 Å². The van der Waals surface area contributed by atoms with Crippen molar-refractivity contribution in [1.29, 1.82) is 0 Å². The number of hydrogen-bond acceptors (Lipinski definition) is 5. The van der Waals surface area contributed by atoms with Gasteiger partial charge in [-0.1, -0.05) is 48.0 Å². The number of hydrazone groups is 1. The van der Waals surface area contributed by atoms with Crippen LogP contribution in [0.3, 0.4) is 0 Å². The SMILES string of the molecule is Cc1ccc(S(=O)(=O)N/N=C/C23CC(COCOCc4ccccc4)(C2)C3)cc1. The lowest BCUT2D eigenvalue weighted by Crippen LogP contribution is -2.64. The molecule has 6 nitrogen and oxygen atoms in total. The average molecular weight is 415 g/mol. The summed E-state index contributed by atoms with van der Waals surface area (Å²) in [6, 6.07) is 16.7. The molecule has 0 saturated heterocycles. The molecule has 0 aliphatic heterocycles. The highest BCUT2D eigenvalue weighted by atomic mass is 32.2. The minimum atomic E-state index is -3.61. The van der Waals surface area contributed by atoms with E-state index in [-0.39, 0.29) is 22.5 Å². The summed E-state index contributed by atoms with van der Waals surface area (Å²) in [6.07, 6.45) is 4.70. The number of benzene rings is 2. The van der Waals surface area contributed by atoms with Crippen LogP contribution in [-0.2, 0) is 26.1 Å². The van der Waals surface area contributed by atoms with E-state index in [1.165, 1.54) is 0 Å². The third kappa shape index (κ3) is 4.52. The molecule has 0 heterocycles. The summed E-state index contributed by atoms with van der Waals surface area (Å²) in [7, 11) is -3.61. The lowest BCUT2D eigenvalue weighted by atomic mass is 9.36. The molecule has 29 heavy (non-hydrogen) atoms. The zero-order valence-electron chi connectivity index (χ0n) is 16.5. The second-order valence-corrected chi connectivity index (χ2v) is 10.0. The topological polar surface area (TPSA) is 77.0 Å². The van der Waals surface area contributed by atoms with Crippen molar-refractivity contribution >= 4 is 16.2 Å². The van der Waals surface area contributed by atoms with E-state index in [1.54, 1.807) is 30.5 Å². The Hall–Kier alpha value is -2.22. The van der Waals surface area contributed by atoms with Crippen LogP contribution in [0.1, 0.15) is 30.4 Å². The van der Waals surface area contributed by atoms with Gasteiger partial charge in [0.15, 0.2) is 0 Å². The molecule has 154 valence electrons. The second kappa shape index (κ2) is 7.89. The molecule has 5 rings (SSSR count). The van der Waals surface area contributed by atoms with Crippen LogP contribution in [0.5, 0.6) is 0 Å². The lowest BCUT2D eigenvalue weighted by Gasteiger charge is -2.69. The Kier molecular flexibility index (Phi) is 5.46. The summed E-state index contributed by atoms with van der Waals surface area (Å²) in [6.45, 7) is 3.42. The minimum Gasteiger partial charge on any atom is -0.355 e. The molecule has 0 radical (unpaired) electrons. The van der Waals surface area contributed by atoms with Crippen LogP contribution in [0, 0.1) is 17.8 Å². The van der Waals surface area contributed by atoms with Gasteiger partial charge >= 0.3 is 0 Å². The molecule has 0 amide bonds. The van der Waals surface area contributed by atoms with Crippen LogP contribution >= 0.6 is 0 Å². The van der Waals surface area contributed by atoms with Crippen molar-refractivity contribution in [1.82, 2.24) is 4.83 Å². The first-order valence-corrected chi connectivity index (χ1v) is 11.2. The molecule has 2 aromatic carbocycles. The van der Waals surface area contributed by atoms with E-state index in [0.717, 1.165) is 30.4 Å². The van der Waals surface area contributed by atoms with E-state index in [4.69, 9.17) is 9.47 Å². The monoisotopic (exact) mass is 414 g/mol. The van der Waals surface area contributed by atoms with E-state index in [9.17, 15) is 8.42 Å². The predicted molar refractivity (Wildman–Crippen MR) is 111 cm³/mol. The third-order valence-electron chi connectivity index (χ3n) is 5.71. The number of nitrogens with one attached hydrogen (secondary N) is 1. The molecule has 0 spiro atoms. The van der Waals surface area contributed by atoms with Crippen LogP contribution < -0.4 is 4.83 Å². The second-order valence-electron chi connectivity index (χ2n) is 8.36. The standard InChI is InChI=1S/C22H26N2O4S/c1-18-7-9-20(10-8-18)29(25,26)24-23-15-21-12-22(13-21,14-21)16-28-17-27-11-19-5-3-2-4-6-19/h2-10,15,24H,11-14,16-17H2,1H3/b23-15+. The first-order valence-electron chi connectivity index (χ1n) is 9.73. The molecule has 2 bridgehead atoms. The number of ether oxygens (including phenoxy) is 2. The molecule has 0 atom stereocenters. The summed E-state index contributed by atoms with van der Waals surface area (Å²) in [5, 5.41) is 4.02. The van der Waals surface area contributed by atoms with E-state index in [2.05, 4.69) is 9.93 Å². The van der Waals surface area contributed by atoms with Crippen LogP contribution in [0.25, 0.3) is 0 Å². The molecule has 7 heteroatoms. The number of aryl methyl sites for hydroxylation is 1. The zero-order chi connectivity index (χ0) is 20.4. The highest BCUT2D eigenvalue weighted by Crippen LogP contribution is 2.72. The molecule has 0 aromatic heterocycles. The molecule has 0 unspecified atom stereocenters. The zero-order valence-corrected chi connectivity index (χ0v) is 17.3. The fourth-order valence-electron chi connectivity index (χ4n) is 4.43. The van der Waals surface area contributed by atoms with Crippen molar-refractivity contribution in [3.8, 4) is 0 Å². The quantitative estimate of drug-likeness (QED) is 0.279. The fourth-order valence-corrected chi connectivity index (χ4v) is 5.22. The predicted octanol–water partition coefficient (Wildman–Crippen LogP) is 3.62. The Balaban J connectivity index is 1.16. The number of hydrogen-bond donors (Lipinski definition) is 1. The van der Waals surface area contributed by atoms with E-state index >= 15 is 0 Å². The largest absolute Gasteiger partial charge is 0.355 e. The van der Waals surface area contributed by atoms with Crippen molar-refractivity contribution in [2.75, 3.05) is 13.4 Å². The molecule has 1 N–H and O–H groups in total. The number of sulfonamides is 1. The normalized spacial score (nSPS) is 25.4. The Bertz CT molecular complexity index is 952. The number of rotatable bonds is 10. The summed E-state index contributed by atoms with van der Waals surface area (Å²) in [5.41, 5.74) is 2.37. The van der Waals surface area contributed by atoms with Gasteiger partial charge in [-0.15, -0.1) is 0 Å². The van der Waals surface area contributed by atoms with Gasteiger partial charge in [-0.3, -0.25) is 0 Å². The van der Waals surface area contributed by atoms with Gasteiger partial charge in [0.05, 0.1) is 18.1 Å².